The van der Waals surface area contributed by atoms with Gasteiger partial charge in [0.15, 0.2) is 0 Å². The third kappa shape index (κ3) is 3.93. The summed E-state index contributed by atoms with van der Waals surface area (Å²) in [6.45, 7) is 5.08. The van der Waals surface area contributed by atoms with Gasteiger partial charge in [0.05, 0.1) is 14.2 Å². The van der Waals surface area contributed by atoms with Crippen LogP contribution in [0.4, 0.5) is 0 Å². The van der Waals surface area contributed by atoms with Crippen LogP contribution in [0.2, 0.25) is 0 Å². The Labute approximate surface area is 160 Å². The molecule has 0 aliphatic carbocycles. The maximum atomic E-state index is 13.2. The van der Waals surface area contributed by atoms with Crippen molar-refractivity contribution in [3.05, 3.63) is 30.4 Å². The molecule has 1 aliphatic rings. The summed E-state index contributed by atoms with van der Waals surface area (Å²) in [5.74, 6) is 1.90. The Morgan fingerprint density at radius 1 is 1.26 bits per heavy atom. The third-order valence-corrected chi connectivity index (χ3v) is 6.80. The first-order valence-corrected chi connectivity index (χ1v) is 10.4. The zero-order valence-electron chi connectivity index (χ0n) is 16.1. The minimum Gasteiger partial charge on any atom is -0.497 e. The molecule has 0 bridgehead atoms. The SMILES string of the molecule is COc1ccc(OC)c(S(=O)(=O)N2CCC(Cc3nncn3C(C)C)C2)c1. The van der Waals surface area contributed by atoms with Crippen molar-refractivity contribution in [2.45, 2.75) is 37.6 Å². The summed E-state index contributed by atoms with van der Waals surface area (Å²) in [7, 11) is -0.693. The predicted molar refractivity (Wildman–Crippen MR) is 101 cm³/mol. The molecule has 1 aromatic heterocycles. The second-order valence-electron chi connectivity index (χ2n) is 6.99. The van der Waals surface area contributed by atoms with Gasteiger partial charge in [0.1, 0.15) is 28.5 Å². The van der Waals surface area contributed by atoms with Gasteiger partial charge in [0, 0.05) is 31.6 Å². The highest BCUT2D eigenvalue weighted by atomic mass is 32.2. The van der Waals surface area contributed by atoms with Gasteiger partial charge < -0.3 is 14.0 Å². The molecule has 0 spiro atoms. The Morgan fingerprint density at radius 2 is 2.04 bits per heavy atom. The van der Waals surface area contributed by atoms with Crippen molar-refractivity contribution in [3.63, 3.8) is 0 Å². The van der Waals surface area contributed by atoms with Crippen molar-refractivity contribution in [3.8, 4) is 11.5 Å². The Balaban J connectivity index is 1.79. The van der Waals surface area contributed by atoms with E-state index in [1.54, 1.807) is 18.5 Å². The molecule has 1 aliphatic heterocycles. The molecule has 3 rings (SSSR count). The van der Waals surface area contributed by atoms with Crippen molar-refractivity contribution in [1.29, 1.82) is 0 Å². The van der Waals surface area contributed by atoms with E-state index < -0.39 is 10.0 Å². The summed E-state index contributed by atoms with van der Waals surface area (Å²) in [6, 6.07) is 5.09. The Bertz CT molecular complexity index is 895. The fourth-order valence-electron chi connectivity index (χ4n) is 3.41. The molecule has 0 radical (unpaired) electrons. The first kappa shape index (κ1) is 19.6. The number of hydrogen-bond donors (Lipinski definition) is 0. The summed E-state index contributed by atoms with van der Waals surface area (Å²) < 4.78 is 40.3. The monoisotopic (exact) mass is 394 g/mol. The van der Waals surface area contributed by atoms with Crippen LogP contribution in [0.3, 0.4) is 0 Å². The van der Waals surface area contributed by atoms with Crippen molar-refractivity contribution < 1.29 is 17.9 Å². The highest BCUT2D eigenvalue weighted by Crippen LogP contribution is 2.33. The van der Waals surface area contributed by atoms with Crippen LogP contribution < -0.4 is 9.47 Å². The second kappa shape index (κ2) is 7.85. The summed E-state index contributed by atoms with van der Waals surface area (Å²) in [5, 5.41) is 8.20. The first-order valence-electron chi connectivity index (χ1n) is 8.97. The molecule has 9 heteroatoms. The van der Waals surface area contributed by atoms with Crippen LogP contribution in [0.1, 0.15) is 32.1 Å². The molecule has 148 valence electrons. The van der Waals surface area contributed by atoms with E-state index in [0.29, 0.717) is 31.0 Å². The Hall–Kier alpha value is -2.13. The lowest BCUT2D eigenvalue weighted by Gasteiger charge is -2.19. The van der Waals surface area contributed by atoms with E-state index in [9.17, 15) is 8.42 Å². The number of sulfonamides is 1. The zero-order chi connectivity index (χ0) is 19.6. The van der Waals surface area contributed by atoms with Gasteiger partial charge in [-0.2, -0.15) is 4.31 Å². The number of benzene rings is 1. The van der Waals surface area contributed by atoms with Crippen molar-refractivity contribution in [1.82, 2.24) is 19.1 Å². The molecule has 2 heterocycles. The third-order valence-electron chi connectivity index (χ3n) is 4.91. The lowest BCUT2D eigenvalue weighted by molar-refractivity contribution is 0.387. The van der Waals surface area contributed by atoms with Gasteiger partial charge in [-0.15, -0.1) is 10.2 Å². The summed E-state index contributed by atoms with van der Waals surface area (Å²) in [5.41, 5.74) is 0. The van der Waals surface area contributed by atoms with Gasteiger partial charge in [0.2, 0.25) is 10.0 Å². The van der Waals surface area contributed by atoms with Gasteiger partial charge in [-0.3, -0.25) is 0 Å². The van der Waals surface area contributed by atoms with E-state index in [1.807, 2.05) is 4.57 Å². The Morgan fingerprint density at radius 3 is 2.70 bits per heavy atom. The van der Waals surface area contributed by atoms with Crippen molar-refractivity contribution in [2.24, 2.45) is 5.92 Å². The second-order valence-corrected chi connectivity index (χ2v) is 8.89. The van der Waals surface area contributed by atoms with Gasteiger partial charge in [-0.05, 0) is 38.3 Å². The van der Waals surface area contributed by atoms with E-state index >= 15 is 0 Å². The number of methoxy groups -OCH3 is 2. The van der Waals surface area contributed by atoms with Gasteiger partial charge in [0.25, 0.3) is 0 Å². The Kier molecular flexibility index (Phi) is 5.71. The molecular formula is C18H26N4O4S. The van der Waals surface area contributed by atoms with E-state index in [4.69, 9.17) is 9.47 Å². The molecule has 0 amide bonds. The van der Waals surface area contributed by atoms with E-state index in [0.717, 1.165) is 12.2 Å². The van der Waals surface area contributed by atoms with Crippen LogP contribution in [0.5, 0.6) is 11.5 Å². The van der Waals surface area contributed by atoms with E-state index in [2.05, 4.69) is 24.0 Å². The van der Waals surface area contributed by atoms with Crippen LogP contribution in [0, 0.1) is 5.92 Å². The molecule has 2 aromatic rings. The summed E-state index contributed by atoms with van der Waals surface area (Å²) in [4.78, 5) is 0.135. The average Bonchev–Trinajstić information content (AvgIpc) is 3.31. The lowest BCUT2D eigenvalue weighted by Crippen LogP contribution is -2.29. The topological polar surface area (TPSA) is 86.6 Å². The first-order chi connectivity index (χ1) is 12.9. The normalized spacial score (nSPS) is 18.2. The van der Waals surface area contributed by atoms with Gasteiger partial charge in [-0.25, -0.2) is 8.42 Å². The molecule has 1 saturated heterocycles. The standard InChI is InChI=1S/C18H26N4O4S/c1-13(2)22-12-19-20-18(22)9-14-7-8-21(11-14)27(23,24)17-10-15(25-3)5-6-16(17)26-4/h5-6,10,12-14H,7-9,11H2,1-4H3. The maximum Gasteiger partial charge on any atom is 0.246 e. The zero-order valence-corrected chi connectivity index (χ0v) is 16.9. The molecular weight excluding hydrogens is 368 g/mol. The largest absolute Gasteiger partial charge is 0.497 e. The maximum absolute atomic E-state index is 13.2. The number of aromatic nitrogens is 3. The molecule has 1 unspecified atom stereocenters. The highest BCUT2D eigenvalue weighted by molar-refractivity contribution is 7.89. The van der Waals surface area contributed by atoms with Crippen LogP contribution in [0.25, 0.3) is 0 Å². The van der Waals surface area contributed by atoms with Crippen LogP contribution in [-0.2, 0) is 16.4 Å². The molecule has 1 aromatic carbocycles. The average molecular weight is 394 g/mol. The highest BCUT2D eigenvalue weighted by Gasteiger charge is 2.35. The molecule has 8 nitrogen and oxygen atoms in total. The smallest absolute Gasteiger partial charge is 0.246 e. The molecule has 27 heavy (non-hydrogen) atoms. The number of nitrogens with zero attached hydrogens (tertiary/aromatic N) is 4. The molecule has 0 N–H and O–H groups in total. The van der Waals surface area contributed by atoms with Crippen LogP contribution >= 0.6 is 0 Å². The van der Waals surface area contributed by atoms with Crippen molar-refractivity contribution >= 4 is 10.0 Å². The fraction of sp³-hybridized carbons (Fsp3) is 0.556. The van der Waals surface area contributed by atoms with E-state index in [-0.39, 0.29) is 16.9 Å². The molecule has 1 atom stereocenters. The lowest BCUT2D eigenvalue weighted by atomic mass is 10.0. The van der Waals surface area contributed by atoms with E-state index in [1.165, 1.54) is 24.6 Å². The van der Waals surface area contributed by atoms with Crippen LogP contribution in [-0.4, -0.2) is 54.8 Å². The minimum absolute atomic E-state index is 0.135. The number of rotatable bonds is 7. The molecule has 0 saturated carbocycles. The minimum atomic E-state index is -3.67. The predicted octanol–water partition coefficient (Wildman–Crippen LogP) is 2.13. The molecule has 1 fully saturated rings. The number of hydrogen-bond acceptors (Lipinski definition) is 6. The van der Waals surface area contributed by atoms with Gasteiger partial charge >= 0.3 is 0 Å². The summed E-state index contributed by atoms with van der Waals surface area (Å²) >= 11 is 0. The van der Waals surface area contributed by atoms with Gasteiger partial charge in [-0.1, -0.05) is 0 Å². The number of ether oxygens (including phenoxy) is 2. The van der Waals surface area contributed by atoms with Crippen molar-refractivity contribution in [2.75, 3.05) is 27.3 Å². The summed E-state index contributed by atoms with van der Waals surface area (Å²) in [6.07, 6.45) is 3.22. The van der Waals surface area contributed by atoms with Crippen LogP contribution in [0.15, 0.2) is 29.4 Å². The fourth-order valence-corrected chi connectivity index (χ4v) is 5.11. The quantitative estimate of drug-likeness (QED) is 0.715.